The van der Waals surface area contributed by atoms with Gasteiger partial charge in [0.15, 0.2) is 11.5 Å². The molecule has 0 spiro atoms. The summed E-state index contributed by atoms with van der Waals surface area (Å²) >= 11 is 0. The summed E-state index contributed by atoms with van der Waals surface area (Å²) in [4.78, 5) is 12.1. The molecule has 1 heterocycles. The van der Waals surface area contributed by atoms with Crippen LogP contribution in [0.3, 0.4) is 0 Å². The Morgan fingerprint density at radius 1 is 1.25 bits per heavy atom. The Morgan fingerprint density at radius 2 is 2.05 bits per heavy atom. The first-order chi connectivity index (χ1) is 9.72. The van der Waals surface area contributed by atoms with E-state index in [9.17, 15) is 9.90 Å². The van der Waals surface area contributed by atoms with Crippen LogP contribution in [0, 0.1) is 5.92 Å². The minimum atomic E-state index is -0.203. The molecular formula is C15H19NO4. The zero-order chi connectivity index (χ0) is 13.9. The Balaban J connectivity index is 1.59. The van der Waals surface area contributed by atoms with E-state index in [0.717, 1.165) is 19.3 Å². The molecule has 5 nitrogen and oxygen atoms in total. The molecule has 0 bridgehead atoms. The standard InChI is InChI=1S/C15H19NO4/c17-12-3-1-10(7-12)9-16-15(18)11-2-4-13-14(8-11)20-6-5-19-13/h2,4,8,10,12,17H,1,3,5-7,9H2,(H,16,18). The Labute approximate surface area is 117 Å². The summed E-state index contributed by atoms with van der Waals surface area (Å²) < 4.78 is 10.9. The van der Waals surface area contributed by atoms with Gasteiger partial charge < -0.3 is 19.9 Å². The van der Waals surface area contributed by atoms with Crippen LogP contribution >= 0.6 is 0 Å². The number of fused-ring (bicyclic) bond motifs is 1. The number of aliphatic hydroxyl groups excluding tert-OH is 1. The monoisotopic (exact) mass is 277 g/mol. The molecule has 0 aromatic heterocycles. The van der Waals surface area contributed by atoms with Crippen molar-refractivity contribution in [3.8, 4) is 11.5 Å². The number of amides is 1. The fourth-order valence-electron chi connectivity index (χ4n) is 2.76. The minimum Gasteiger partial charge on any atom is -0.486 e. The first-order valence-corrected chi connectivity index (χ1v) is 7.08. The molecule has 1 aliphatic carbocycles. The van der Waals surface area contributed by atoms with E-state index in [1.807, 2.05) is 0 Å². The highest BCUT2D eigenvalue weighted by molar-refractivity contribution is 5.94. The molecule has 0 saturated heterocycles. The van der Waals surface area contributed by atoms with E-state index in [1.165, 1.54) is 0 Å². The van der Waals surface area contributed by atoms with Gasteiger partial charge in [-0.3, -0.25) is 4.79 Å². The first-order valence-electron chi connectivity index (χ1n) is 7.08. The van der Waals surface area contributed by atoms with Crippen molar-refractivity contribution in [3.05, 3.63) is 23.8 Å². The van der Waals surface area contributed by atoms with Crippen LogP contribution in [0.1, 0.15) is 29.6 Å². The number of carbonyl (C=O) groups excluding carboxylic acids is 1. The van der Waals surface area contributed by atoms with Gasteiger partial charge in [-0.25, -0.2) is 0 Å². The summed E-state index contributed by atoms with van der Waals surface area (Å²) in [5, 5.41) is 12.4. The van der Waals surface area contributed by atoms with Crippen molar-refractivity contribution in [2.45, 2.75) is 25.4 Å². The number of carbonyl (C=O) groups is 1. The summed E-state index contributed by atoms with van der Waals surface area (Å²) in [5.41, 5.74) is 0.577. The lowest BCUT2D eigenvalue weighted by atomic mass is 10.1. The van der Waals surface area contributed by atoms with Crippen molar-refractivity contribution in [1.82, 2.24) is 5.32 Å². The van der Waals surface area contributed by atoms with Crippen molar-refractivity contribution >= 4 is 5.91 Å². The third-order valence-electron chi connectivity index (χ3n) is 3.87. The second kappa shape index (κ2) is 5.71. The molecule has 1 aromatic carbocycles. The molecule has 2 aliphatic rings. The average molecular weight is 277 g/mol. The van der Waals surface area contributed by atoms with Gasteiger partial charge in [0.1, 0.15) is 13.2 Å². The van der Waals surface area contributed by atoms with E-state index in [2.05, 4.69) is 5.32 Å². The lowest BCUT2D eigenvalue weighted by molar-refractivity contribution is 0.0944. The van der Waals surface area contributed by atoms with Gasteiger partial charge in [0.25, 0.3) is 5.91 Å². The van der Waals surface area contributed by atoms with Crippen LogP contribution in [0.15, 0.2) is 18.2 Å². The Kier molecular flexibility index (Phi) is 3.78. The van der Waals surface area contributed by atoms with Crippen molar-refractivity contribution in [3.63, 3.8) is 0 Å². The number of hydrogen-bond acceptors (Lipinski definition) is 4. The van der Waals surface area contributed by atoms with Crippen molar-refractivity contribution < 1.29 is 19.4 Å². The molecule has 2 atom stereocenters. The second-order valence-electron chi connectivity index (χ2n) is 5.40. The fraction of sp³-hybridized carbons (Fsp3) is 0.533. The molecule has 108 valence electrons. The van der Waals surface area contributed by atoms with Crippen molar-refractivity contribution in [2.75, 3.05) is 19.8 Å². The van der Waals surface area contributed by atoms with Gasteiger partial charge in [0, 0.05) is 12.1 Å². The summed E-state index contributed by atoms with van der Waals surface area (Å²) in [7, 11) is 0. The third-order valence-corrected chi connectivity index (χ3v) is 3.87. The van der Waals surface area contributed by atoms with Crippen molar-refractivity contribution in [2.24, 2.45) is 5.92 Å². The van der Waals surface area contributed by atoms with Crippen molar-refractivity contribution in [1.29, 1.82) is 0 Å². The van der Waals surface area contributed by atoms with Gasteiger partial charge in [0.2, 0.25) is 0 Å². The number of nitrogens with one attached hydrogen (secondary N) is 1. The SMILES string of the molecule is O=C(NCC1CCC(O)C1)c1ccc2c(c1)OCCO2. The Bertz CT molecular complexity index is 503. The quantitative estimate of drug-likeness (QED) is 0.875. The van der Waals surface area contributed by atoms with E-state index in [1.54, 1.807) is 18.2 Å². The predicted octanol–water partition coefficient (Wildman–Crippen LogP) is 1.35. The maximum atomic E-state index is 12.1. The molecular weight excluding hydrogens is 258 g/mol. The van der Waals surface area contributed by atoms with E-state index < -0.39 is 0 Å². The number of benzene rings is 1. The van der Waals surface area contributed by atoms with E-state index in [4.69, 9.17) is 9.47 Å². The van der Waals surface area contributed by atoms with Gasteiger partial charge in [-0.05, 0) is 43.4 Å². The van der Waals surface area contributed by atoms with Gasteiger partial charge in [-0.15, -0.1) is 0 Å². The highest BCUT2D eigenvalue weighted by Gasteiger charge is 2.23. The Morgan fingerprint density at radius 3 is 2.80 bits per heavy atom. The molecule has 5 heteroatoms. The number of ether oxygens (including phenoxy) is 2. The van der Waals surface area contributed by atoms with Gasteiger partial charge in [0.05, 0.1) is 6.10 Å². The van der Waals surface area contributed by atoms with Crippen LogP contribution in [0.4, 0.5) is 0 Å². The molecule has 1 saturated carbocycles. The zero-order valence-corrected chi connectivity index (χ0v) is 11.3. The third kappa shape index (κ3) is 2.88. The number of rotatable bonds is 3. The van der Waals surface area contributed by atoms with Gasteiger partial charge in [-0.1, -0.05) is 0 Å². The van der Waals surface area contributed by atoms with E-state index in [0.29, 0.717) is 42.7 Å². The van der Waals surface area contributed by atoms with Crippen LogP contribution in [0.5, 0.6) is 11.5 Å². The molecule has 1 amide bonds. The van der Waals surface area contributed by atoms with Gasteiger partial charge in [-0.2, -0.15) is 0 Å². The largest absolute Gasteiger partial charge is 0.486 e. The lowest BCUT2D eigenvalue weighted by Crippen LogP contribution is -2.28. The average Bonchev–Trinajstić information content (AvgIpc) is 2.90. The predicted molar refractivity (Wildman–Crippen MR) is 73.1 cm³/mol. The van der Waals surface area contributed by atoms with Crippen LogP contribution in [0.25, 0.3) is 0 Å². The maximum Gasteiger partial charge on any atom is 0.251 e. The summed E-state index contributed by atoms with van der Waals surface area (Å²) in [5.74, 6) is 1.58. The molecule has 2 unspecified atom stereocenters. The molecule has 20 heavy (non-hydrogen) atoms. The summed E-state index contributed by atoms with van der Waals surface area (Å²) in [6.07, 6.45) is 2.39. The number of aliphatic hydroxyl groups is 1. The molecule has 2 N–H and O–H groups in total. The zero-order valence-electron chi connectivity index (χ0n) is 11.3. The van der Waals surface area contributed by atoms with E-state index >= 15 is 0 Å². The fourth-order valence-corrected chi connectivity index (χ4v) is 2.76. The van der Waals surface area contributed by atoms with Crippen LogP contribution < -0.4 is 14.8 Å². The van der Waals surface area contributed by atoms with E-state index in [-0.39, 0.29) is 12.0 Å². The highest BCUT2D eigenvalue weighted by Crippen LogP contribution is 2.30. The highest BCUT2D eigenvalue weighted by atomic mass is 16.6. The topological polar surface area (TPSA) is 67.8 Å². The maximum absolute atomic E-state index is 12.1. The molecule has 1 fully saturated rings. The smallest absolute Gasteiger partial charge is 0.251 e. The summed E-state index contributed by atoms with van der Waals surface area (Å²) in [6.45, 7) is 1.67. The lowest BCUT2D eigenvalue weighted by Gasteiger charge is -2.19. The Hall–Kier alpha value is -1.75. The molecule has 1 aliphatic heterocycles. The number of hydrogen-bond donors (Lipinski definition) is 2. The van der Waals surface area contributed by atoms with Gasteiger partial charge >= 0.3 is 0 Å². The summed E-state index contributed by atoms with van der Waals surface area (Å²) in [6, 6.07) is 5.22. The first kappa shape index (κ1) is 13.2. The van der Waals surface area contributed by atoms with Crippen LogP contribution in [-0.2, 0) is 0 Å². The minimum absolute atomic E-state index is 0.108. The normalized spacial score (nSPS) is 24.4. The molecule has 1 aromatic rings. The van der Waals surface area contributed by atoms with Crippen LogP contribution in [0.2, 0.25) is 0 Å². The molecule has 0 radical (unpaired) electrons. The molecule has 3 rings (SSSR count). The van der Waals surface area contributed by atoms with Crippen LogP contribution in [-0.4, -0.2) is 36.9 Å². The second-order valence-corrected chi connectivity index (χ2v) is 5.40.